The van der Waals surface area contributed by atoms with Crippen LogP contribution in [0.2, 0.25) is 0 Å². The Morgan fingerprint density at radius 3 is 2.38 bits per heavy atom. The maximum absolute atomic E-state index is 12.9. The molecule has 0 aliphatic heterocycles. The zero-order chi connectivity index (χ0) is 21.2. The van der Waals surface area contributed by atoms with E-state index in [-0.39, 0.29) is 5.56 Å². The zero-order valence-corrected chi connectivity index (χ0v) is 17.2. The van der Waals surface area contributed by atoms with Crippen LogP contribution in [0.15, 0.2) is 58.5 Å². The quantitative estimate of drug-likeness (QED) is 0.417. The van der Waals surface area contributed by atoms with E-state index >= 15 is 0 Å². The lowest BCUT2D eigenvalue weighted by Gasteiger charge is -2.13. The maximum Gasteiger partial charge on any atom is 0.416 e. The van der Waals surface area contributed by atoms with E-state index in [1.165, 1.54) is 22.4 Å². The van der Waals surface area contributed by atoms with Crippen molar-refractivity contribution in [3.05, 3.63) is 92.4 Å². The summed E-state index contributed by atoms with van der Waals surface area (Å²) in [7, 11) is 1.64. The minimum absolute atomic E-state index is 0.135. The summed E-state index contributed by atoms with van der Waals surface area (Å²) >= 11 is 1.25. The molecule has 152 valence electrons. The van der Waals surface area contributed by atoms with E-state index in [4.69, 9.17) is 0 Å². The number of nitrogens with zero attached hydrogens (tertiary/aromatic N) is 2. The van der Waals surface area contributed by atoms with Crippen LogP contribution in [0.1, 0.15) is 33.5 Å². The highest BCUT2D eigenvalue weighted by Gasteiger charge is 2.30. The van der Waals surface area contributed by atoms with Crippen molar-refractivity contribution < 1.29 is 13.2 Å². The summed E-state index contributed by atoms with van der Waals surface area (Å²) in [6, 6.07) is 13.2. The molecule has 0 aliphatic rings. The van der Waals surface area contributed by atoms with Crippen molar-refractivity contribution in [2.24, 2.45) is 7.05 Å². The van der Waals surface area contributed by atoms with Gasteiger partial charge in [-0.1, -0.05) is 59.8 Å². The van der Waals surface area contributed by atoms with Crippen LogP contribution in [0, 0.1) is 13.8 Å². The summed E-state index contributed by atoms with van der Waals surface area (Å²) in [5, 5.41) is 0.484. The van der Waals surface area contributed by atoms with Gasteiger partial charge in [0.15, 0.2) is 5.16 Å². The fourth-order valence-electron chi connectivity index (χ4n) is 2.96. The van der Waals surface area contributed by atoms with Crippen LogP contribution in [0.4, 0.5) is 13.2 Å². The second-order valence-corrected chi connectivity index (χ2v) is 7.91. The van der Waals surface area contributed by atoms with Crippen molar-refractivity contribution >= 4 is 11.8 Å². The topological polar surface area (TPSA) is 34.9 Å². The first-order chi connectivity index (χ1) is 13.6. The second-order valence-electron chi connectivity index (χ2n) is 6.97. The third kappa shape index (κ3) is 5.09. The highest BCUT2D eigenvalue weighted by Crippen LogP contribution is 2.31. The van der Waals surface area contributed by atoms with Crippen LogP contribution in [-0.4, -0.2) is 9.55 Å². The predicted octanol–water partition coefficient (Wildman–Crippen LogP) is 5.30. The van der Waals surface area contributed by atoms with Gasteiger partial charge in [-0.05, 0) is 31.0 Å². The van der Waals surface area contributed by atoms with E-state index < -0.39 is 11.7 Å². The predicted molar refractivity (Wildman–Crippen MR) is 109 cm³/mol. The smallest absolute Gasteiger partial charge is 0.291 e. The average molecular weight is 418 g/mol. The number of hydrogen-bond donors (Lipinski definition) is 0. The van der Waals surface area contributed by atoms with E-state index in [9.17, 15) is 18.0 Å². The Bertz CT molecular complexity index is 1070. The van der Waals surface area contributed by atoms with Crippen LogP contribution in [0.5, 0.6) is 0 Å². The first kappa shape index (κ1) is 21.2. The Morgan fingerprint density at radius 2 is 1.72 bits per heavy atom. The molecule has 0 amide bonds. The van der Waals surface area contributed by atoms with Crippen LogP contribution in [0.3, 0.4) is 0 Å². The summed E-state index contributed by atoms with van der Waals surface area (Å²) in [4.78, 5) is 17.4. The fraction of sp³-hybridized carbons (Fsp3) is 0.273. The molecule has 0 saturated heterocycles. The zero-order valence-electron chi connectivity index (χ0n) is 16.4. The molecule has 7 heteroatoms. The molecule has 0 N–H and O–H groups in total. The van der Waals surface area contributed by atoms with Crippen molar-refractivity contribution in [2.75, 3.05) is 0 Å². The second kappa shape index (κ2) is 8.45. The van der Waals surface area contributed by atoms with Crippen molar-refractivity contribution in [3.8, 4) is 0 Å². The number of halogens is 3. The van der Waals surface area contributed by atoms with Gasteiger partial charge in [-0.3, -0.25) is 9.36 Å². The largest absolute Gasteiger partial charge is 0.416 e. The van der Waals surface area contributed by atoms with Gasteiger partial charge in [0.2, 0.25) is 0 Å². The van der Waals surface area contributed by atoms with E-state index in [1.807, 2.05) is 31.2 Å². The number of benzene rings is 2. The molecule has 1 heterocycles. The van der Waals surface area contributed by atoms with Gasteiger partial charge in [0.1, 0.15) is 0 Å². The SMILES string of the molecule is Cc1ccc(Cc2c(C)nc(SCc3cccc(C(F)(F)F)c3)n(C)c2=O)cc1. The molecule has 0 saturated carbocycles. The molecule has 0 unspecified atom stereocenters. The Morgan fingerprint density at radius 1 is 1.03 bits per heavy atom. The number of rotatable bonds is 5. The minimum atomic E-state index is -4.38. The van der Waals surface area contributed by atoms with E-state index in [2.05, 4.69) is 4.98 Å². The lowest BCUT2D eigenvalue weighted by atomic mass is 10.0. The highest BCUT2D eigenvalue weighted by atomic mass is 32.2. The molecule has 3 rings (SSSR count). The van der Waals surface area contributed by atoms with Gasteiger partial charge < -0.3 is 0 Å². The van der Waals surface area contributed by atoms with Gasteiger partial charge >= 0.3 is 6.18 Å². The molecule has 0 fully saturated rings. The Hall–Kier alpha value is -2.54. The summed E-state index contributed by atoms with van der Waals surface area (Å²) in [5.74, 6) is 0.293. The maximum atomic E-state index is 12.9. The highest BCUT2D eigenvalue weighted by molar-refractivity contribution is 7.98. The van der Waals surface area contributed by atoms with Crippen molar-refractivity contribution in [1.29, 1.82) is 0 Å². The standard InChI is InChI=1S/C22H21F3N2OS/c1-14-7-9-16(10-8-14)12-19-15(2)26-21(27(3)20(19)28)29-13-17-5-4-6-18(11-17)22(23,24)25/h4-11H,12-13H2,1-3H3. The number of aryl methyl sites for hydroxylation is 2. The van der Waals surface area contributed by atoms with Gasteiger partial charge in [-0.15, -0.1) is 0 Å². The molecule has 29 heavy (non-hydrogen) atoms. The Labute approximate surface area is 171 Å². The van der Waals surface area contributed by atoms with E-state index in [0.717, 1.165) is 23.3 Å². The summed E-state index contributed by atoms with van der Waals surface area (Å²) in [6.45, 7) is 3.80. The average Bonchev–Trinajstić information content (AvgIpc) is 2.68. The molecule has 0 radical (unpaired) electrons. The van der Waals surface area contributed by atoms with Gasteiger partial charge in [0, 0.05) is 30.5 Å². The molecule has 3 nitrogen and oxygen atoms in total. The molecule has 0 spiro atoms. The number of thioether (sulfide) groups is 1. The molecule has 2 aromatic carbocycles. The fourth-order valence-corrected chi connectivity index (χ4v) is 3.91. The minimum Gasteiger partial charge on any atom is -0.291 e. The number of hydrogen-bond acceptors (Lipinski definition) is 3. The summed E-state index contributed by atoms with van der Waals surface area (Å²) in [6.07, 6.45) is -3.88. The first-order valence-electron chi connectivity index (χ1n) is 9.06. The van der Waals surface area contributed by atoms with Crippen LogP contribution >= 0.6 is 11.8 Å². The van der Waals surface area contributed by atoms with E-state index in [0.29, 0.717) is 34.2 Å². The van der Waals surface area contributed by atoms with Crippen LogP contribution in [-0.2, 0) is 25.4 Å². The monoisotopic (exact) mass is 418 g/mol. The lowest BCUT2D eigenvalue weighted by molar-refractivity contribution is -0.137. The molecule has 0 atom stereocenters. The van der Waals surface area contributed by atoms with Gasteiger partial charge in [-0.2, -0.15) is 13.2 Å². The third-order valence-corrected chi connectivity index (χ3v) is 5.77. The normalized spacial score (nSPS) is 11.7. The molecule has 0 bridgehead atoms. The van der Waals surface area contributed by atoms with Gasteiger partial charge in [0.05, 0.1) is 5.56 Å². The van der Waals surface area contributed by atoms with Crippen LogP contribution in [0.25, 0.3) is 0 Å². The molecule has 0 aliphatic carbocycles. The number of alkyl halides is 3. The van der Waals surface area contributed by atoms with Crippen molar-refractivity contribution in [2.45, 2.75) is 37.4 Å². The molecular formula is C22H21F3N2OS. The van der Waals surface area contributed by atoms with Gasteiger partial charge in [0.25, 0.3) is 5.56 Å². The summed E-state index contributed by atoms with van der Waals surface area (Å²) < 4.78 is 40.1. The number of aromatic nitrogens is 2. The van der Waals surface area contributed by atoms with E-state index in [1.54, 1.807) is 20.0 Å². The first-order valence-corrected chi connectivity index (χ1v) is 10.0. The van der Waals surface area contributed by atoms with Crippen molar-refractivity contribution in [3.63, 3.8) is 0 Å². The summed E-state index contributed by atoms with van der Waals surface area (Å²) in [5.41, 5.74) is 3.16. The van der Waals surface area contributed by atoms with Gasteiger partial charge in [-0.25, -0.2) is 4.98 Å². The van der Waals surface area contributed by atoms with Crippen LogP contribution < -0.4 is 5.56 Å². The van der Waals surface area contributed by atoms with Crippen molar-refractivity contribution in [1.82, 2.24) is 9.55 Å². The molecule has 1 aromatic heterocycles. The third-order valence-electron chi connectivity index (χ3n) is 4.67. The Kier molecular flexibility index (Phi) is 6.17. The Balaban J connectivity index is 1.81. The molecular weight excluding hydrogens is 397 g/mol. The lowest BCUT2D eigenvalue weighted by Crippen LogP contribution is -2.25. The molecule has 3 aromatic rings.